The number of hydrogen-bond acceptors (Lipinski definition) is 1. The highest BCUT2D eigenvalue weighted by molar-refractivity contribution is 9.10. The predicted molar refractivity (Wildman–Crippen MR) is 67.9 cm³/mol. The van der Waals surface area contributed by atoms with Crippen LogP contribution in [0.4, 0.5) is 4.39 Å². The third-order valence-corrected chi connectivity index (χ3v) is 3.19. The molecular weight excluding hydrogens is 271 g/mol. The van der Waals surface area contributed by atoms with Crippen LogP contribution in [0.5, 0.6) is 0 Å². The molecule has 1 aromatic rings. The normalized spacial score (nSPS) is 13.9. The van der Waals surface area contributed by atoms with Gasteiger partial charge in [-0.2, -0.15) is 0 Å². The van der Waals surface area contributed by atoms with Crippen molar-refractivity contribution in [2.24, 2.45) is 5.41 Å². The Morgan fingerprint density at radius 3 is 2.56 bits per heavy atom. The minimum atomic E-state index is -0.411. The Morgan fingerprint density at radius 1 is 1.38 bits per heavy atom. The number of hydrogen-bond donors (Lipinski definition) is 1. The molecule has 1 nitrogen and oxygen atoms in total. The summed E-state index contributed by atoms with van der Waals surface area (Å²) in [6.07, 6.45) is 0.728. The van der Waals surface area contributed by atoms with Crippen molar-refractivity contribution in [1.82, 2.24) is 0 Å². The first-order chi connectivity index (χ1) is 7.30. The van der Waals surface area contributed by atoms with Gasteiger partial charge in [-0.05, 0) is 42.0 Å². The van der Waals surface area contributed by atoms with E-state index in [1.807, 2.05) is 20.8 Å². The van der Waals surface area contributed by atoms with Gasteiger partial charge in [-0.1, -0.05) is 36.7 Å². The zero-order valence-corrected chi connectivity index (χ0v) is 11.5. The molecule has 0 fully saturated rings. The van der Waals surface area contributed by atoms with Gasteiger partial charge in [0.1, 0.15) is 5.82 Å². The number of aryl methyl sites for hydroxylation is 1. The SMILES string of the molecule is CC(C)(C)C(O)CCc1cc(Br)ccc1F. The van der Waals surface area contributed by atoms with E-state index in [1.54, 1.807) is 12.1 Å². The van der Waals surface area contributed by atoms with E-state index in [0.29, 0.717) is 18.4 Å². The largest absolute Gasteiger partial charge is 0.393 e. The average molecular weight is 289 g/mol. The Morgan fingerprint density at radius 2 is 2.00 bits per heavy atom. The molecule has 1 aromatic carbocycles. The lowest BCUT2D eigenvalue weighted by atomic mass is 9.86. The molecular formula is C13H18BrFO. The van der Waals surface area contributed by atoms with Crippen molar-refractivity contribution < 1.29 is 9.50 Å². The third-order valence-electron chi connectivity index (χ3n) is 2.69. The third kappa shape index (κ3) is 3.87. The van der Waals surface area contributed by atoms with Gasteiger partial charge in [0.15, 0.2) is 0 Å². The molecule has 0 amide bonds. The number of benzene rings is 1. The van der Waals surface area contributed by atoms with Gasteiger partial charge in [-0.3, -0.25) is 0 Å². The Bertz CT molecular complexity index is 357. The molecule has 0 saturated carbocycles. The van der Waals surface area contributed by atoms with E-state index < -0.39 is 6.10 Å². The van der Waals surface area contributed by atoms with E-state index >= 15 is 0 Å². The molecule has 0 aromatic heterocycles. The highest BCUT2D eigenvalue weighted by Gasteiger charge is 2.21. The summed E-state index contributed by atoms with van der Waals surface area (Å²) in [7, 11) is 0. The molecule has 1 atom stereocenters. The van der Waals surface area contributed by atoms with Gasteiger partial charge in [0, 0.05) is 4.47 Å². The van der Waals surface area contributed by atoms with Crippen molar-refractivity contribution in [2.45, 2.75) is 39.7 Å². The summed E-state index contributed by atoms with van der Waals surface area (Å²) in [4.78, 5) is 0. The summed E-state index contributed by atoms with van der Waals surface area (Å²) in [5, 5.41) is 9.87. The number of halogens is 2. The van der Waals surface area contributed by atoms with Gasteiger partial charge >= 0.3 is 0 Å². The summed E-state index contributed by atoms with van der Waals surface area (Å²) < 4.78 is 14.3. The first-order valence-corrected chi connectivity index (χ1v) is 6.22. The van der Waals surface area contributed by atoms with E-state index in [2.05, 4.69) is 15.9 Å². The van der Waals surface area contributed by atoms with Crippen molar-refractivity contribution in [3.8, 4) is 0 Å². The van der Waals surface area contributed by atoms with Crippen LogP contribution in [0.1, 0.15) is 32.8 Å². The molecule has 1 N–H and O–H groups in total. The molecule has 0 radical (unpaired) electrons. The molecule has 0 bridgehead atoms. The first-order valence-electron chi connectivity index (χ1n) is 5.42. The molecule has 1 rings (SSSR count). The van der Waals surface area contributed by atoms with Crippen molar-refractivity contribution in [3.63, 3.8) is 0 Å². The zero-order valence-electron chi connectivity index (χ0n) is 9.93. The quantitative estimate of drug-likeness (QED) is 0.894. The van der Waals surface area contributed by atoms with E-state index in [4.69, 9.17) is 0 Å². The lowest BCUT2D eigenvalue weighted by Crippen LogP contribution is -2.26. The molecule has 1 unspecified atom stereocenters. The molecule has 16 heavy (non-hydrogen) atoms. The lowest BCUT2D eigenvalue weighted by molar-refractivity contribution is 0.0558. The maximum atomic E-state index is 13.4. The topological polar surface area (TPSA) is 20.2 Å². The molecule has 0 aliphatic heterocycles. The van der Waals surface area contributed by atoms with Crippen LogP contribution in [0, 0.1) is 11.2 Å². The van der Waals surface area contributed by atoms with Crippen LogP contribution < -0.4 is 0 Å². The van der Waals surface area contributed by atoms with E-state index in [-0.39, 0.29) is 11.2 Å². The van der Waals surface area contributed by atoms with Crippen LogP contribution in [0.3, 0.4) is 0 Å². The van der Waals surface area contributed by atoms with Crippen LogP contribution in [0.15, 0.2) is 22.7 Å². The molecule has 0 saturated heterocycles. The molecule has 0 spiro atoms. The second-order valence-corrected chi connectivity index (χ2v) is 6.07. The summed E-state index contributed by atoms with van der Waals surface area (Å²) >= 11 is 3.31. The van der Waals surface area contributed by atoms with E-state index in [0.717, 1.165) is 4.47 Å². The molecule has 90 valence electrons. The van der Waals surface area contributed by atoms with Crippen molar-refractivity contribution in [2.75, 3.05) is 0 Å². The van der Waals surface area contributed by atoms with Crippen LogP contribution >= 0.6 is 15.9 Å². The van der Waals surface area contributed by atoms with Crippen molar-refractivity contribution in [1.29, 1.82) is 0 Å². The van der Waals surface area contributed by atoms with Gasteiger partial charge in [0.25, 0.3) is 0 Å². The molecule has 0 aliphatic carbocycles. The monoisotopic (exact) mass is 288 g/mol. The number of aliphatic hydroxyl groups is 1. The minimum Gasteiger partial charge on any atom is -0.393 e. The van der Waals surface area contributed by atoms with Gasteiger partial charge in [-0.15, -0.1) is 0 Å². The number of rotatable bonds is 3. The van der Waals surface area contributed by atoms with Gasteiger partial charge in [0.2, 0.25) is 0 Å². The maximum absolute atomic E-state index is 13.4. The number of aliphatic hydroxyl groups excluding tert-OH is 1. The summed E-state index contributed by atoms with van der Waals surface area (Å²) in [6, 6.07) is 4.90. The Balaban J connectivity index is 2.64. The van der Waals surface area contributed by atoms with Crippen LogP contribution in [0.2, 0.25) is 0 Å². The highest BCUT2D eigenvalue weighted by atomic mass is 79.9. The van der Waals surface area contributed by atoms with Crippen molar-refractivity contribution in [3.05, 3.63) is 34.1 Å². The van der Waals surface area contributed by atoms with Crippen molar-refractivity contribution >= 4 is 15.9 Å². The Hall–Kier alpha value is -0.410. The van der Waals surface area contributed by atoms with Crippen LogP contribution in [-0.4, -0.2) is 11.2 Å². The molecule has 0 aliphatic rings. The summed E-state index contributed by atoms with van der Waals surface area (Å²) in [6.45, 7) is 5.94. The second kappa shape index (κ2) is 5.28. The fourth-order valence-corrected chi connectivity index (χ4v) is 1.87. The van der Waals surface area contributed by atoms with Gasteiger partial charge < -0.3 is 5.11 Å². The van der Waals surface area contributed by atoms with Gasteiger partial charge in [0.05, 0.1) is 6.10 Å². The molecule has 3 heteroatoms. The lowest BCUT2D eigenvalue weighted by Gasteiger charge is -2.25. The summed E-state index contributed by atoms with van der Waals surface area (Å²) in [5.74, 6) is -0.204. The summed E-state index contributed by atoms with van der Waals surface area (Å²) in [5.41, 5.74) is 0.500. The van der Waals surface area contributed by atoms with Crippen LogP contribution in [0.25, 0.3) is 0 Å². The Kier molecular flexibility index (Phi) is 4.51. The van der Waals surface area contributed by atoms with E-state index in [1.165, 1.54) is 6.07 Å². The van der Waals surface area contributed by atoms with Crippen LogP contribution in [-0.2, 0) is 6.42 Å². The standard InChI is InChI=1S/C13H18BrFO/c1-13(2,3)12(16)7-4-9-8-10(14)5-6-11(9)15/h5-6,8,12,16H,4,7H2,1-3H3. The first kappa shape index (κ1) is 13.7. The fourth-order valence-electron chi connectivity index (χ4n) is 1.46. The smallest absolute Gasteiger partial charge is 0.126 e. The average Bonchev–Trinajstić information content (AvgIpc) is 2.17. The Labute approximate surface area is 105 Å². The maximum Gasteiger partial charge on any atom is 0.126 e. The predicted octanol–water partition coefficient (Wildman–Crippen LogP) is 3.93. The zero-order chi connectivity index (χ0) is 12.3. The van der Waals surface area contributed by atoms with Gasteiger partial charge in [-0.25, -0.2) is 4.39 Å². The minimum absolute atomic E-state index is 0.150. The van der Waals surface area contributed by atoms with E-state index in [9.17, 15) is 9.50 Å². The fraction of sp³-hybridized carbons (Fsp3) is 0.538. The second-order valence-electron chi connectivity index (χ2n) is 5.16. The molecule has 0 heterocycles. The highest BCUT2D eigenvalue weighted by Crippen LogP contribution is 2.24.